The molecule has 1 nitrogen and oxygen atoms in total. The molecule has 0 spiro atoms. The van der Waals surface area contributed by atoms with Crippen LogP contribution in [0, 0.1) is 11.7 Å². The minimum absolute atomic E-state index is 0.180. The molecule has 0 aliphatic carbocycles. The van der Waals surface area contributed by atoms with Gasteiger partial charge < -0.3 is 5.32 Å². The van der Waals surface area contributed by atoms with Gasteiger partial charge in [-0.15, -0.1) is 0 Å². The predicted molar refractivity (Wildman–Crippen MR) is 62.8 cm³/mol. The van der Waals surface area contributed by atoms with Crippen molar-refractivity contribution in [2.45, 2.75) is 26.3 Å². The molecule has 1 N–H and O–H groups in total. The van der Waals surface area contributed by atoms with E-state index < -0.39 is 0 Å². The summed E-state index contributed by atoms with van der Waals surface area (Å²) in [5, 5.41) is 3.77. The highest BCUT2D eigenvalue weighted by atomic mass is 35.5. The summed E-state index contributed by atoms with van der Waals surface area (Å²) < 4.78 is 13.4. The Balaban J connectivity index is 2.82. The quantitative estimate of drug-likeness (QED) is 0.836. The van der Waals surface area contributed by atoms with Crippen LogP contribution in [0.4, 0.5) is 4.39 Å². The van der Waals surface area contributed by atoms with E-state index >= 15 is 0 Å². The molecule has 0 heterocycles. The normalized spacial score (nSPS) is 13.2. The zero-order valence-corrected chi connectivity index (χ0v) is 10.1. The monoisotopic (exact) mass is 229 g/mol. The largest absolute Gasteiger partial charge is 0.316 e. The molecule has 1 atom stereocenters. The van der Waals surface area contributed by atoms with Crippen LogP contribution < -0.4 is 5.32 Å². The average molecular weight is 230 g/mol. The fourth-order valence-electron chi connectivity index (χ4n) is 1.61. The summed E-state index contributed by atoms with van der Waals surface area (Å²) in [6.45, 7) is 4.23. The van der Waals surface area contributed by atoms with Gasteiger partial charge in [0, 0.05) is 11.1 Å². The highest BCUT2D eigenvalue weighted by Gasteiger charge is 2.14. The van der Waals surface area contributed by atoms with Crippen LogP contribution in [0.15, 0.2) is 18.2 Å². The fourth-order valence-corrected chi connectivity index (χ4v) is 1.80. The highest BCUT2D eigenvalue weighted by molar-refractivity contribution is 6.30. The minimum atomic E-state index is -0.180. The molecule has 3 heteroatoms. The molecule has 0 fully saturated rings. The molecule has 0 saturated carbocycles. The van der Waals surface area contributed by atoms with Gasteiger partial charge in [0.25, 0.3) is 0 Å². The van der Waals surface area contributed by atoms with E-state index in [1.54, 1.807) is 12.1 Å². The highest BCUT2D eigenvalue weighted by Crippen LogP contribution is 2.18. The Labute approximate surface area is 95.6 Å². The van der Waals surface area contributed by atoms with Crippen LogP contribution in [0.5, 0.6) is 0 Å². The smallest absolute Gasteiger partial charge is 0.126 e. The Morgan fingerprint density at radius 1 is 1.40 bits per heavy atom. The van der Waals surface area contributed by atoms with Crippen molar-refractivity contribution >= 4 is 11.6 Å². The van der Waals surface area contributed by atoms with Crippen LogP contribution in [0.25, 0.3) is 0 Å². The number of hydrogen-bond donors (Lipinski definition) is 1. The number of rotatable bonds is 4. The standard InChI is InChI=1S/C12H17ClFN/c1-8(2)12(15-3)7-9-6-10(13)4-5-11(9)14/h4-6,8,12,15H,7H2,1-3H3. The van der Waals surface area contributed by atoms with Gasteiger partial charge >= 0.3 is 0 Å². The van der Waals surface area contributed by atoms with Gasteiger partial charge in [-0.05, 0) is 43.1 Å². The van der Waals surface area contributed by atoms with Gasteiger partial charge in [-0.2, -0.15) is 0 Å². The summed E-state index contributed by atoms with van der Waals surface area (Å²) in [5.41, 5.74) is 0.676. The van der Waals surface area contributed by atoms with Crippen LogP contribution in [0.2, 0.25) is 5.02 Å². The van der Waals surface area contributed by atoms with Crippen LogP contribution in [-0.4, -0.2) is 13.1 Å². The van der Waals surface area contributed by atoms with E-state index in [0.717, 1.165) is 0 Å². The lowest BCUT2D eigenvalue weighted by Gasteiger charge is -2.20. The second-order valence-corrected chi connectivity index (χ2v) is 4.52. The van der Waals surface area contributed by atoms with Crippen molar-refractivity contribution in [1.82, 2.24) is 5.32 Å². The molecule has 0 amide bonds. The molecule has 0 aliphatic rings. The van der Waals surface area contributed by atoms with E-state index in [1.807, 2.05) is 7.05 Å². The first-order chi connectivity index (χ1) is 7.04. The van der Waals surface area contributed by atoms with Crippen LogP contribution >= 0.6 is 11.6 Å². The lowest BCUT2D eigenvalue weighted by molar-refractivity contribution is 0.418. The molecule has 0 radical (unpaired) electrons. The van der Waals surface area contributed by atoms with Crippen molar-refractivity contribution in [2.24, 2.45) is 5.92 Å². The third-order valence-electron chi connectivity index (χ3n) is 2.62. The summed E-state index contributed by atoms with van der Waals surface area (Å²) in [6.07, 6.45) is 0.667. The summed E-state index contributed by atoms with van der Waals surface area (Å²) in [7, 11) is 1.90. The van der Waals surface area contributed by atoms with Crippen molar-refractivity contribution in [1.29, 1.82) is 0 Å². The maximum Gasteiger partial charge on any atom is 0.126 e. The molecular formula is C12H17ClFN. The summed E-state index contributed by atoms with van der Waals surface area (Å²) in [5.74, 6) is 0.286. The Morgan fingerprint density at radius 3 is 2.60 bits per heavy atom. The molecule has 0 bridgehead atoms. The Kier molecular flexibility index (Phi) is 4.55. The van der Waals surface area contributed by atoms with Crippen LogP contribution in [0.3, 0.4) is 0 Å². The van der Waals surface area contributed by atoms with Crippen molar-refractivity contribution < 1.29 is 4.39 Å². The molecule has 15 heavy (non-hydrogen) atoms. The lowest BCUT2D eigenvalue weighted by atomic mass is 9.96. The molecular weight excluding hydrogens is 213 g/mol. The summed E-state index contributed by atoms with van der Waals surface area (Å²) >= 11 is 5.84. The van der Waals surface area contributed by atoms with Gasteiger partial charge in [0.15, 0.2) is 0 Å². The van der Waals surface area contributed by atoms with E-state index in [2.05, 4.69) is 19.2 Å². The first-order valence-electron chi connectivity index (χ1n) is 5.15. The van der Waals surface area contributed by atoms with E-state index in [0.29, 0.717) is 22.9 Å². The number of nitrogens with one attached hydrogen (secondary N) is 1. The van der Waals surface area contributed by atoms with Gasteiger partial charge in [0.2, 0.25) is 0 Å². The van der Waals surface area contributed by atoms with Crippen molar-refractivity contribution in [2.75, 3.05) is 7.05 Å². The fraction of sp³-hybridized carbons (Fsp3) is 0.500. The first kappa shape index (κ1) is 12.5. The Bertz CT molecular complexity index is 325. The molecule has 0 aromatic heterocycles. The predicted octanol–water partition coefficient (Wildman–Crippen LogP) is 3.27. The SMILES string of the molecule is CNC(Cc1cc(Cl)ccc1F)C(C)C. The van der Waals surface area contributed by atoms with E-state index in [9.17, 15) is 4.39 Å². The second kappa shape index (κ2) is 5.47. The molecule has 1 rings (SSSR count). The molecule has 0 saturated heterocycles. The molecule has 0 aliphatic heterocycles. The van der Waals surface area contributed by atoms with E-state index in [-0.39, 0.29) is 11.9 Å². The zero-order valence-electron chi connectivity index (χ0n) is 9.35. The minimum Gasteiger partial charge on any atom is -0.316 e. The number of hydrogen-bond acceptors (Lipinski definition) is 1. The van der Waals surface area contributed by atoms with Crippen LogP contribution in [0.1, 0.15) is 19.4 Å². The number of likely N-dealkylation sites (N-methyl/N-ethyl adjacent to an activating group) is 1. The van der Waals surface area contributed by atoms with Gasteiger partial charge in [0.05, 0.1) is 0 Å². The average Bonchev–Trinajstić information content (AvgIpc) is 2.18. The topological polar surface area (TPSA) is 12.0 Å². The summed E-state index contributed by atoms with van der Waals surface area (Å²) in [6, 6.07) is 4.97. The third-order valence-corrected chi connectivity index (χ3v) is 2.86. The second-order valence-electron chi connectivity index (χ2n) is 4.08. The van der Waals surface area contributed by atoms with Crippen molar-refractivity contribution in [3.63, 3.8) is 0 Å². The molecule has 1 unspecified atom stereocenters. The molecule has 1 aromatic rings. The van der Waals surface area contributed by atoms with Crippen molar-refractivity contribution in [3.8, 4) is 0 Å². The molecule has 84 valence electrons. The third kappa shape index (κ3) is 3.47. The van der Waals surface area contributed by atoms with E-state index in [4.69, 9.17) is 11.6 Å². The summed E-state index contributed by atoms with van der Waals surface area (Å²) in [4.78, 5) is 0. The molecule has 1 aromatic carbocycles. The number of benzene rings is 1. The Morgan fingerprint density at radius 2 is 2.07 bits per heavy atom. The lowest BCUT2D eigenvalue weighted by Crippen LogP contribution is -2.33. The van der Waals surface area contributed by atoms with Crippen molar-refractivity contribution in [3.05, 3.63) is 34.6 Å². The van der Waals surface area contributed by atoms with Gasteiger partial charge in [-0.25, -0.2) is 4.39 Å². The van der Waals surface area contributed by atoms with Gasteiger partial charge in [0.1, 0.15) is 5.82 Å². The van der Waals surface area contributed by atoms with Gasteiger partial charge in [-0.1, -0.05) is 25.4 Å². The van der Waals surface area contributed by atoms with Crippen LogP contribution in [-0.2, 0) is 6.42 Å². The zero-order chi connectivity index (χ0) is 11.4. The number of halogens is 2. The van der Waals surface area contributed by atoms with E-state index in [1.165, 1.54) is 6.07 Å². The first-order valence-corrected chi connectivity index (χ1v) is 5.53. The van der Waals surface area contributed by atoms with Gasteiger partial charge in [-0.3, -0.25) is 0 Å². The Hall–Kier alpha value is -0.600. The maximum atomic E-state index is 13.4. The maximum absolute atomic E-state index is 13.4.